The van der Waals surface area contributed by atoms with Crippen molar-refractivity contribution in [2.45, 2.75) is 25.8 Å². The van der Waals surface area contributed by atoms with Crippen molar-refractivity contribution < 1.29 is 4.79 Å². The molecule has 92 valence electrons. The second-order valence-electron chi connectivity index (χ2n) is 4.50. The highest BCUT2D eigenvalue weighted by Gasteiger charge is 2.28. The van der Waals surface area contributed by atoms with Gasteiger partial charge in [0.1, 0.15) is 0 Å². The number of hydrogen-bond donors (Lipinski definition) is 2. The summed E-state index contributed by atoms with van der Waals surface area (Å²) in [5, 5.41) is 6.27. The average molecular weight is 233 g/mol. The van der Waals surface area contributed by atoms with Crippen LogP contribution in [0.4, 0.5) is 0 Å². The molecule has 0 radical (unpaired) electrons. The standard InChI is InChI=1S/C13H19N3O/c1-10-12(6-9-14-10)13(17)16-8-5-11-4-2-3-7-15-11/h2-4,7,10,12,14H,5-6,8-9H2,1H3,(H,16,17). The summed E-state index contributed by atoms with van der Waals surface area (Å²) >= 11 is 0. The van der Waals surface area contributed by atoms with Crippen molar-refractivity contribution in [3.63, 3.8) is 0 Å². The van der Waals surface area contributed by atoms with Crippen LogP contribution in [-0.2, 0) is 11.2 Å². The van der Waals surface area contributed by atoms with Gasteiger partial charge in [0.25, 0.3) is 0 Å². The molecule has 0 bridgehead atoms. The normalized spacial score (nSPS) is 23.6. The maximum absolute atomic E-state index is 11.9. The summed E-state index contributed by atoms with van der Waals surface area (Å²) in [6.07, 6.45) is 3.51. The number of amides is 1. The summed E-state index contributed by atoms with van der Waals surface area (Å²) < 4.78 is 0. The van der Waals surface area contributed by atoms with Crippen LogP contribution in [0.15, 0.2) is 24.4 Å². The second-order valence-corrected chi connectivity index (χ2v) is 4.50. The minimum absolute atomic E-state index is 0.124. The van der Waals surface area contributed by atoms with Gasteiger partial charge in [0.05, 0.1) is 5.92 Å². The molecule has 4 heteroatoms. The molecular formula is C13H19N3O. The van der Waals surface area contributed by atoms with E-state index >= 15 is 0 Å². The van der Waals surface area contributed by atoms with Gasteiger partial charge in [0.15, 0.2) is 0 Å². The lowest BCUT2D eigenvalue weighted by atomic mass is 10.0. The number of rotatable bonds is 4. The van der Waals surface area contributed by atoms with E-state index in [0.29, 0.717) is 12.6 Å². The van der Waals surface area contributed by atoms with Gasteiger partial charge in [-0.05, 0) is 32.0 Å². The lowest BCUT2D eigenvalue weighted by Crippen LogP contribution is -2.37. The van der Waals surface area contributed by atoms with E-state index in [1.807, 2.05) is 18.2 Å². The number of nitrogens with one attached hydrogen (secondary N) is 2. The van der Waals surface area contributed by atoms with E-state index in [1.54, 1.807) is 6.20 Å². The Balaban J connectivity index is 1.73. The van der Waals surface area contributed by atoms with E-state index in [4.69, 9.17) is 0 Å². The first kappa shape index (κ1) is 12.0. The molecule has 2 rings (SSSR count). The summed E-state index contributed by atoms with van der Waals surface area (Å²) in [4.78, 5) is 16.1. The van der Waals surface area contributed by atoms with Gasteiger partial charge in [-0.2, -0.15) is 0 Å². The Morgan fingerprint density at radius 1 is 1.59 bits per heavy atom. The third kappa shape index (κ3) is 3.27. The van der Waals surface area contributed by atoms with Crippen LogP contribution >= 0.6 is 0 Å². The number of nitrogens with zero attached hydrogens (tertiary/aromatic N) is 1. The highest BCUT2D eigenvalue weighted by Crippen LogP contribution is 2.14. The minimum Gasteiger partial charge on any atom is -0.355 e. The van der Waals surface area contributed by atoms with Gasteiger partial charge in [0.2, 0.25) is 5.91 Å². The predicted octanol–water partition coefficient (Wildman–Crippen LogP) is 0.738. The first-order valence-corrected chi connectivity index (χ1v) is 6.18. The van der Waals surface area contributed by atoms with Crippen molar-refractivity contribution >= 4 is 5.91 Å². The topological polar surface area (TPSA) is 54.0 Å². The van der Waals surface area contributed by atoms with Crippen LogP contribution in [0.25, 0.3) is 0 Å². The predicted molar refractivity (Wildman–Crippen MR) is 66.5 cm³/mol. The van der Waals surface area contributed by atoms with E-state index < -0.39 is 0 Å². The van der Waals surface area contributed by atoms with Crippen LogP contribution in [0.1, 0.15) is 19.0 Å². The molecule has 1 saturated heterocycles. The van der Waals surface area contributed by atoms with Gasteiger partial charge < -0.3 is 10.6 Å². The fourth-order valence-corrected chi connectivity index (χ4v) is 2.21. The molecule has 1 fully saturated rings. The van der Waals surface area contributed by atoms with E-state index in [-0.39, 0.29) is 11.8 Å². The maximum Gasteiger partial charge on any atom is 0.224 e. The zero-order valence-electron chi connectivity index (χ0n) is 10.1. The van der Waals surface area contributed by atoms with Gasteiger partial charge >= 0.3 is 0 Å². The Hall–Kier alpha value is -1.42. The van der Waals surface area contributed by atoms with Gasteiger partial charge in [-0.3, -0.25) is 9.78 Å². The third-order valence-corrected chi connectivity index (χ3v) is 3.27. The molecule has 2 atom stereocenters. The van der Waals surface area contributed by atoms with Crippen molar-refractivity contribution in [2.24, 2.45) is 5.92 Å². The Bertz CT molecular complexity index is 366. The molecule has 2 heterocycles. The van der Waals surface area contributed by atoms with Gasteiger partial charge in [-0.1, -0.05) is 6.07 Å². The Kier molecular flexibility index (Phi) is 4.09. The average Bonchev–Trinajstić information content (AvgIpc) is 2.77. The zero-order valence-corrected chi connectivity index (χ0v) is 10.1. The largest absolute Gasteiger partial charge is 0.355 e. The van der Waals surface area contributed by atoms with Gasteiger partial charge in [-0.25, -0.2) is 0 Å². The van der Waals surface area contributed by atoms with Crippen molar-refractivity contribution in [2.75, 3.05) is 13.1 Å². The number of pyridine rings is 1. The lowest BCUT2D eigenvalue weighted by molar-refractivity contribution is -0.125. The highest BCUT2D eigenvalue weighted by atomic mass is 16.1. The van der Waals surface area contributed by atoms with E-state index in [9.17, 15) is 4.79 Å². The number of aromatic nitrogens is 1. The maximum atomic E-state index is 11.9. The van der Waals surface area contributed by atoms with Gasteiger partial charge in [0, 0.05) is 30.9 Å². The van der Waals surface area contributed by atoms with Crippen LogP contribution in [0.2, 0.25) is 0 Å². The van der Waals surface area contributed by atoms with E-state index in [1.165, 1.54) is 0 Å². The first-order chi connectivity index (χ1) is 8.27. The van der Waals surface area contributed by atoms with Crippen molar-refractivity contribution in [1.82, 2.24) is 15.6 Å². The molecule has 2 unspecified atom stereocenters. The molecule has 1 aliphatic heterocycles. The lowest BCUT2D eigenvalue weighted by Gasteiger charge is -2.14. The minimum atomic E-state index is 0.124. The van der Waals surface area contributed by atoms with Crippen molar-refractivity contribution in [3.05, 3.63) is 30.1 Å². The first-order valence-electron chi connectivity index (χ1n) is 6.18. The molecule has 1 aliphatic rings. The molecule has 17 heavy (non-hydrogen) atoms. The van der Waals surface area contributed by atoms with Crippen molar-refractivity contribution in [3.8, 4) is 0 Å². The summed E-state index contributed by atoms with van der Waals surface area (Å²) in [7, 11) is 0. The smallest absolute Gasteiger partial charge is 0.224 e. The Morgan fingerprint density at radius 3 is 3.12 bits per heavy atom. The van der Waals surface area contributed by atoms with Crippen LogP contribution in [0.5, 0.6) is 0 Å². The zero-order chi connectivity index (χ0) is 12.1. The Morgan fingerprint density at radius 2 is 2.47 bits per heavy atom. The van der Waals surface area contributed by atoms with E-state index in [0.717, 1.165) is 25.1 Å². The summed E-state index contributed by atoms with van der Waals surface area (Å²) in [5.74, 6) is 0.289. The SMILES string of the molecule is CC1NCCC1C(=O)NCCc1ccccn1. The fraction of sp³-hybridized carbons (Fsp3) is 0.538. The molecule has 0 aliphatic carbocycles. The summed E-state index contributed by atoms with van der Waals surface area (Å²) in [6, 6.07) is 6.14. The van der Waals surface area contributed by atoms with Crippen LogP contribution in [0.3, 0.4) is 0 Å². The van der Waals surface area contributed by atoms with Crippen LogP contribution in [0, 0.1) is 5.92 Å². The highest BCUT2D eigenvalue weighted by molar-refractivity contribution is 5.79. The molecule has 1 aromatic heterocycles. The molecule has 1 amide bonds. The van der Waals surface area contributed by atoms with Crippen LogP contribution in [-0.4, -0.2) is 30.0 Å². The quantitative estimate of drug-likeness (QED) is 0.806. The molecule has 0 spiro atoms. The molecule has 1 aromatic rings. The number of carbonyl (C=O) groups excluding carboxylic acids is 1. The third-order valence-electron chi connectivity index (χ3n) is 3.27. The Labute approximate surface area is 102 Å². The molecule has 2 N–H and O–H groups in total. The molecular weight excluding hydrogens is 214 g/mol. The summed E-state index contributed by atoms with van der Waals surface area (Å²) in [6.45, 7) is 3.68. The fourth-order valence-electron chi connectivity index (χ4n) is 2.21. The monoisotopic (exact) mass is 233 g/mol. The molecule has 0 saturated carbocycles. The molecule has 4 nitrogen and oxygen atoms in total. The second kappa shape index (κ2) is 5.77. The summed E-state index contributed by atoms with van der Waals surface area (Å²) in [5.41, 5.74) is 1.02. The van der Waals surface area contributed by atoms with Crippen LogP contribution < -0.4 is 10.6 Å². The number of hydrogen-bond acceptors (Lipinski definition) is 3. The van der Waals surface area contributed by atoms with Crippen molar-refractivity contribution in [1.29, 1.82) is 0 Å². The van der Waals surface area contributed by atoms with Gasteiger partial charge in [-0.15, -0.1) is 0 Å². The molecule has 0 aromatic carbocycles. The number of carbonyl (C=O) groups is 1. The van der Waals surface area contributed by atoms with E-state index in [2.05, 4.69) is 22.5 Å².